The fraction of sp³-hybridized carbons (Fsp3) is 0.143. The first-order valence-corrected chi connectivity index (χ1v) is 5.11. The normalized spacial score (nSPS) is 10.3. The van der Waals surface area contributed by atoms with E-state index in [1.54, 1.807) is 6.20 Å². The number of rotatable bonds is 1. The topological polar surface area (TPSA) is 51.6 Å². The van der Waals surface area contributed by atoms with Crippen LogP contribution in [0.2, 0.25) is 0 Å². The molecule has 0 atom stereocenters. The quantitative estimate of drug-likeness (QED) is 0.784. The van der Waals surface area contributed by atoms with E-state index in [9.17, 15) is 0 Å². The van der Waals surface area contributed by atoms with Gasteiger partial charge in [-0.1, -0.05) is 0 Å². The summed E-state index contributed by atoms with van der Waals surface area (Å²) < 4.78 is 4.61. The third kappa shape index (κ3) is 1.89. The van der Waals surface area contributed by atoms with E-state index in [1.165, 1.54) is 11.5 Å². The average molecular weight is 257 g/mol. The summed E-state index contributed by atoms with van der Waals surface area (Å²) in [4.78, 5) is 12.4. The second kappa shape index (κ2) is 3.47. The van der Waals surface area contributed by atoms with Crippen molar-refractivity contribution in [2.24, 2.45) is 0 Å². The summed E-state index contributed by atoms with van der Waals surface area (Å²) in [5, 5.41) is 0.803. The van der Waals surface area contributed by atoms with Gasteiger partial charge in [-0.3, -0.25) is 0 Å². The van der Waals surface area contributed by atoms with Crippen LogP contribution >= 0.6 is 27.5 Å². The van der Waals surface area contributed by atoms with Crippen LogP contribution in [0.15, 0.2) is 17.0 Å². The van der Waals surface area contributed by atoms with Crippen LogP contribution in [0.25, 0.3) is 10.7 Å². The molecule has 0 unspecified atom stereocenters. The fourth-order valence-corrected chi connectivity index (χ4v) is 1.93. The molecule has 0 aliphatic rings. The molecule has 2 aromatic heterocycles. The molecule has 0 aromatic carbocycles. The molecule has 2 rings (SSSR count). The molecule has 2 aromatic rings. The lowest BCUT2D eigenvalue weighted by molar-refractivity contribution is 1.05. The van der Waals surface area contributed by atoms with Gasteiger partial charge >= 0.3 is 0 Å². The number of hydrogen-bond acceptors (Lipinski definition) is 5. The molecule has 2 heterocycles. The van der Waals surface area contributed by atoms with Gasteiger partial charge in [-0.15, -0.1) is 0 Å². The Morgan fingerprint density at radius 3 is 2.85 bits per heavy atom. The van der Waals surface area contributed by atoms with Crippen LogP contribution in [0.3, 0.4) is 0 Å². The summed E-state index contributed by atoms with van der Waals surface area (Å²) in [7, 11) is 0. The predicted octanol–water partition coefficient (Wildman–Crippen LogP) is 2.07. The molecule has 0 aliphatic heterocycles. The summed E-state index contributed by atoms with van der Waals surface area (Å²) in [5.41, 5.74) is 0.815. The van der Waals surface area contributed by atoms with Crippen molar-refractivity contribution in [2.45, 2.75) is 6.92 Å². The standard InChI is InChI=1S/C7H5BrN4S/c1-4-9-3-2-5(10-4)6-11-7(8)12-13-6/h2-3H,1H3. The first-order chi connectivity index (χ1) is 6.25. The van der Waals surface area contributed by atoms with Gasteiger partial charge in [0.15, 0.2) is 5.01 Å². The van der Waals surface area contributed by atoms with Crippen molar-refractivity contribution in [1.29, 1.82) is 0 Å². The number of halogens is 1. The van der Waals surface area contributed by atoms with Crippen molar-refractivity contribution in [1.82, 2.24) is 19.3 Å². The first kappa shape index (κ1) is 8.71. The van der Waals surface area contributed by atoms with E-state index in [0.717, 1.165) is 16.5 Å². The zero-order valence-electron chi connectivity index (χ0n) is 6.73. The van der Waals surface area contributed by atoms with Gasteiger partial charge < -0.3 is 0 Å². The average Bonchev–Trinajstić information content (AvgIpc) is 2.52. The Bertz CT molecular complexity index is 428. The Morgan fingerprint density at radius 1 is 1.38 bits per heavy atom. The SMILES string of the molecule is Cc1nccc(-c2nc(Br)ns2)n1. The maximum Gasteiger partial charge on any atom is 0.209 e. The maximum absolute atomic E-state index is 4.23. The molecule has 6 heteroatoms. The number of hydrogen-bond donors (Lipinski definition) is 0. The second-order valence-electron chi connectivity index (χ2n) is 2.36. The minimum atomic E-state index is 0.601. The number of nitrogens with zero attached hydrogens (tertiary/aromatic N) is 4. The Labute approximate surface area is 87.4 Å². The molecule has 0 amide bonds. The summed E-state index contributed by atoms with van der Waals surface area (Å²) in [5.74, 6) is 0.740. The van der Waals surface area contributed by atoms with E-state index in [1.807, 2.05) is 13.0 Å². The molecule has 0 aliphatic carbocycles. The van der Waals surface area contributed by atoms with Gasteiger partial charge in [0.1, 0.15) is 11.5 Å². The smallest absolute Gasteiger partial charge is 0.209 e. The monoisotopic (exact) mass is 256 g/mol. The molecule has 4 nitrogen and oxygen atoms in total. The van der Waals surface area contributed by atoms with Gasteiger partial charge in [-0.25, -0.2) is 15.0 Å². The molecule has 0 spiro atoms. The van der Waals surface area contributed by atoms with Crippen molar-refractivity contribution in [2.75, 3.05) is 0 Å². The molecule has 0 saturated carbocycles. The van der Waals surface area contributed by atoms with Gasteiger partial charge in [0.2, 0.25) is 4.73 Å². The zero-order chi connectivity index (χ0) is 9.26. The summed E-state index contributed by atoms with van der Waals surface area (Å²) in [6, 6.07) is 1.82. The van der Waals surface area contributed by atoms with Crippen LogP contribution in [0.5, 0.6) is 0 Å². The molecule has 66 valence electrons. The highest BCUT2D eigenvalue weighted by Crippen LogP contribution is 2.20. The van der Waals surface area contributed by atoms with Gasteiger partial charge in [0, 0.05) is 6.20 Å². The lowest BCUT2D eigenvalue weighted by Crippen LogP contribution is -1.88. The van der Waals surface area contributed by atoms with E-state index < -0.39 is 0 Å². The van der Waals surface area contributed by atoms with E-state index in [-0.39, 0.29) is 0 Å². The Balaban J connectivity index is 2.46. The highest BCUT2D eigenvalue weighted by atomic mass is 79.9. The van der Waals surface area contributed by atoms with Crippen LogP contribution in [-0.2, 0) is 0 Å². The van der Waals surface area contributed by atoms with Gasteiger partial charge in [0.25, 0.3) is 0 Å². The third-order valence-corrected chi connectivity index (χ3v) is 2.72. The molecule has 0 saturated heterocycles. The van der Waals surface area contributed by atoms with Crippen molar-refractivity contribution in [3.05, 3.63) is 22.8 Å². The third-order valence-electron chi connectivity index (χ3n) is 1.40. The molecule has 0 bridgehead atoms. The van der Waals surface area contributed by atoms with Crippen molar-refractivity contribution in [3.63, 3.8) is 0 Å². The molecular weight excluding hydrogens is 252 g/mol. The lowest BCUT2D eigenvalue weighted by atomic mass is 10.4. The van der Waals surface area contributed by atoms with Gasteiger partial charge in [-0.05, 0) is 40.5 Å². The Morgan fingerprint density at radius 2 is 2.23 bits per heavy atom. The van der Waals surface area contributed by atoms with E-state index in [4.69, 9.17) is 0 Å². The van der Waals surface area contributed by atoms with Crippen LogP contribution in [0.4, 0.5) is 0 Å². The van der Waals surface area contributed by atoms with Crippen LogP contribution in [0, 0.1) is 6.92 Å². The second-order valence-corrected chi connectivity index (χ2v) is 3.82. The van der Waals surface area contributed by atoms with Crippen LogP contribution < -0.4 is 0 Å². The highest BCUT2D eigenvalue weighted by Gasteiger charge is 2.05. The minimum Gasteiger partial charge on any atom is -0.242 e. The molecule has 0 N–H and O–H groups in total. The molecule has 0 fully saturated rings. The highest BCUT2D eigenvalue weighted by molar-refractivity contribution is 9.10. The summed E-state index contributed by atoms with van der Waals surface area (Å²) in [6.07, 6.45) is 1.72. The van der Waals surface area contributed by atoms with Gasteiger partial charge in [0.05, 0.1) is 0 Å². The van der Waals surface area contributed by atoms with Crippen molar-refractivity contribution in [3.8, 4) is 10.7 Å². The number of aryl methyl sites for hydroxylation is 1. The van der Waals surface area contributed by atoms with Crippen LogP contribution in [0.1, 0.15) is 5.82 Å². The van der Waals surface area contributed by atoms with E-state index in [2.05, 4.69) is 35.3 Å². The maximum atomic E-state index is 4.23. The minimum absolute atomic E-state index is 0.601. The Hall–Kier alpha value is -0.880. The predicted molar refractivity (Wildman–Crippen MR) is 53.4 cm³/mol. The molecule has 0 radical (unpaired) electrons. The zero-order valence-corrected chi connectivity index (χ0v) is 9.13. The summed E-state index contributed by atoms with van der Waals surface area (Å²) >= 11 is 4.51. The Kier molecular flexibility index (Phi) is 2.32. The fourth-order valence-electron chi connectivity index (χ4n) is 0.885. The van der Waals surface area contributed by atoms with Crippen molar-refractivity contribution < 1.29 is 0 Å². The van der Waals surface area contributed by atoms with E-state index in [0.29, 0.717) is 4.73 Å². The van der Waals surface area contributed by atoms with Gasteiger partial charge in [-0.2, -0.15) is 4.37 Å². The number of aromatic nitrogens is 4. The first-order valence-electron chi connectivity index (χ1n) is 3.55. The van der Waals surface area contributed by atoms with Crippen molar-refractivity contribution >= 4 is 27.5 Å². The van der Waals surface area contributed by atoms with E-state index >= 15 is 0 Å². The lowest BCUT2D eigenvalue weighted by Gasteiger charge is -1.94. The van der Waals surface area contributed by atoms with Crippen LogP contribution in [-0.4, -0.2) is 19.3 Å². The molecular formula is C7H5BrN4S. The largest absolute Gasteiger partial charge is 0.242 e. The molecule has 13 heavy (non-hydrogen) atoms. The summed E-state index contributed by atoms with van der Waals surface area (Å²) in [6.45, 7) is 1.85.